The second-order valence-corrected chi connectivity index (χ2v) is 7.19. The van der Waals surface area contributed by atoms with Crippen LogP contribution in [-0.4, -0.2) is 40.7 Å². The zero-order valence-corrected chi connectivity index (χ0v) is 12.6. The van der Waals surface area contributed by atoms with Crippen molar-refractivity contribution >= 4 is 16.0 Å². The lowest BCUT2D eigenvalue weighted by atomic mass is 10.2. The van der Waals surface area contributed by atoms with Crippen molar-refractivity contribution in [2.45, 2.75) is 39.3 Å². The molecular formula is C13H20N2O4S. The van der Waals surface area contributed by atoms with E-state index in [1.54, 1.807) is 0 Å². The zero-order chi connectivity index (χ0) is 14.9. The van der Waals surface area contributed by atoms with Crippen LogP contribution in [0.5, 0.6) is 0 Å². The predicted molar refractivity (Wildman–Crippen MR) is 74.9 cm³/mol. The Morgan fingerprint density at radius 2 is 2.10 bits per heavy atom. The molecule has 0 saturated heterocycles. The molecule has 1 aliphatic rings. The van der Waals surface area contributed by atoms with Crippen molar-refractivity contribution in [1.82, 2.24) is 8.87 Å². The number of fused-ring (bicyclic) bond motifs is 1. The number of sulfonamides is 1. The maximum Gasteiger partial charge on any atom is 0.303 e. The summed E-state index contributed by atoms with van der Waals surface area (Å²) in [6, 6.07) is 3.75. The van der Waals surface area contributed by atoms with E-state index >= 15 is 0 Å². The molecule has 0 aromatic carbocycles. The first-order chi connectivity index (χ1) is 9.33. The molecule has 7 heteroatoms. The molecule has 2 heterocycles. The summed E-state index contributed by atoms with van der Waals surface area (Å²) in [5.41, 5.74) is 2.13. The van der Waals surface area contributed by atoms with Gasteiger partial charge in [-0.15, -0.1) is 0 Å². The van der Waals surface area contributed by atoms with Crippen LogP contribution < -0.4 is 0 Å². The minimum atomic E-state index is -3.40. The van der Waals surface area contributed by atoms with Gasteiger partial charge in [0, 0.05) is 30.9 Å². The minimum absolute atomic E-state index is 0.108. The van der Waals surface area contributed by atoms with Crippen LogP contribution in [-0.2, 0) is 21.4 Å². The highest BCUT2D eigenvalue weighted by Gasteiger charge is 2.32. The van der Waals surface area contributed by atoms with Crippen molar-refractivity contribution in [1.29, 1.82) is 0 Å². The van der Waals surface area contributed by atoms with Crippen LogP contribution in [0.3, 0.4) is 0 Å². The molecule has 1 aromatic heterocycles. The van der Waals surface area contributed by atoms with Crippen LogP contribution in [0, 0.1) is 6.92 Å². The average Bonchev–Trinajstić information content (AvgIpc) is 2.71. The van der Waals surface area contributed by atoms with Gasteiger partial charge in [0.05, 0.1) is 11.8 Å². The summed E-state index contributed by atoms with van der Waals surface area (Å²) in [7, 11) is -3.40. The van der Waals surface area contributed by atoms with Crippen LogP contribution >= 0.6 is 0 Å². The molecule has 20 heavy (non-hydrogen) atoms. The van der Waals surface area contributed by atoms with Gasteiger partial charge >= 0.3 is 5.97 Å². The molecule has 0 fully saturated rings. The Labute approximate surface area is 119 Å². The summed E-state index contributed by atoms with van der Waals surface area (Å²) in [5.74, 6) is -1.07. The Balaban J connectivity index is 2.12. The summed E-state index contributed by atoms with van der Waals surface area (Å²) in [5, 5.41) is 8.59. The first-order valence-corrected chi connectivity index (χ1v) is 8.31. The third-order valence-electron chi connectivity index (χ3n) is 3.79. The predicted octanol–water partition coefficient (Wildman–Crippen LogP) is 1.37. The molecule has 1 atom stereocenters. The molecule has 2 rings (SSSR count). The Morgan fingerprint density at radius 3 is 2.75 bits per heavy atom. The van der Waals surface area contributed by atoms with E-state index in [9.17, 15) is 13.2 Å². The fourth-order valence-corrected chi connectivity index (χ4v) is 4.40. The zero-order valence-electron chi connectivity index (χ0n) is 11.7. The van der Waals surface area contributed by atoms with E-state index < -0.39 is 16.0 Å². The lowest BCUT2D eigenvalue weighted by molar-refractivity contribution is -0.137. The van der Waals surface area contributed by atoms with Crippen LogP contribution in [0.2, 0.25) is 0 Å². The summed E-state index contributed by atoms with van der Waals surface area (Å²) in [6.07, 6.45) is 0.0395. The normalized spacial score (nSPS) is 19.8. The van der Waals surface area contributed by atoms with Gasteiger partial charge < -0.3 is 9.67 Å². The van der Waals surface area contributed by atoms with E-state index in [1.165, 1.54) is 4.31 Å². The van der Waals surface area contributed by atoms with E-state index in [1.807, 2.05) is 26.0 Å². The van der Waals surface area contributed by atoms with Gasteiger partial charge in [0.15, 0.2) is 0 Å². The first kappa shape index (κ1) is 15.1. The molecule has 1 aliphatic heterocycles. The van der Waals surface area contributed by atoms with Crippen LogP contribution in [0.25, 0.3) is 0 Å². The molecule has 112 valence electrons. The number of carboxylic acid groups (broad SMARTS) is 1. The van der Waals surface area contributed by atoms with Gasteiger partial charge in [0.25, 0.3) is 0 Å². The van der Waals surface area contributed by atoms with Crippen LogP contribution in [0.4, 0.5) is 0 Å². The van der Waals surface area contributed by atoms with E-state index in [0.717, 1.165) is 11.4 Å². The largest absolute Gasteiger partial charge is 0.481 e. The molecule has 1 unspecified atom stereocenters. The number of rotatable bonds is 5. The lowest BCUT2D eigenvalue weighted by Gasteiger charge is -2.34. The summed E-state index contributed by atoms with van der Waals surface area (Å²) >= 11 is 0. The van der Waals surface area contributed by atoms with Gasteiger partial charge in [0.2, 0.25) is 10.0 Å². The van der Waals surface area contributed by atoms with E-state index in [0.29, 0.717) is 13.1 Å². The minimum Gasteiger partial charge on any atom is -0.481 e. The summed E-state index contributed by atoms with van der Waals surface area (Å²) in [4.78, 5) is 10.5. The van der Waals surface area contributed by atoms with Gasteiger partial charge in [-0.1, -0.05) is 0 Å². The molecule has 1 N–H and O–H groups in total. The van der Waals surface area contributed by atoms with Gasteiger partial charge in [-0.25, -0.2) is 8.42 Å². The quantitative estimate of drug-likeness (QED) is 0.890. The second-order valence-electron chi connectivity index (χ2n) is 5.15. The van der Waals surface area contributed by atoms with Gasteiger partial charge in [-0.3, -0.25) is 4.79 Å². The summed E-state index contributed by atoms with van der Waals surface area (Å²) in [6.45, 7) is 4.97. The standard InChI is InChI=1S/C13H20N2O4S/c1-10-5-6-12-11(2)15(8-7-14(10)12)20(18,19)9-3-4-13(16)17/h5-6,11H,3-4,7-9H2,1-2H3,(H,16,17). The van der Waals surface area contributed by atoms with Gasteiger partial charge in [0.1, 0.15) is 0 Å². The molecule has 0 saturated carbocycles. The van der Waals surface area contributed by atoms with Crippen molar-refractivity contribution in [3.63, 3.8) is 0 Å². The monoisotopic (exact) mass is 300 g/mol. The Morgan fingerprint density at radius 1 is 1.40 bits per heavy atom. The number of hydrogen-bond donors (Lipinski definition) is 1. The number of carbonyl (C=O) groups is 1. The Bertz CT molecular complexity index is 606. The Kier molecular flexibility index (Phi) is 4.19. The molecule has 1 aromatic rings. The number of carboxylic acids is 1. The molecule has 0 amide bonds. The number of aliphatic carboxylic acids is 1. The van der Waals surface area contributed by atoms with Crippen molar-refractivity contribution < 1.29 is 18.3 Å². The van der Waals surface area contributed by atoms with Crippen LogP contribution in [0.1, 0.15) is 37.2 Å². The third-order valence-corrected chi connectivity index (χ3v) is 5.80. The fourth-order valence-electron chi connectivity index (χ4n) is 2.70. The molecule has 0 radical (unpaired) electrons. The number of aryl methyl sites for hydroxylation is 1. The maximum atomic E-state index is 12.3. The summed E-state index contributed by atoms with van der Waals surface area (Å²) < 4.78 is 28.3. The second kappa shape index (κ2) is 5.57. The maximum absolute atomic E-state index is 12.3. The van der Waals surface area contributed by atoms with Gasteiger partial charge in [-0.2, -0.15) is 4.31 Å². The molecule has 0 aliphatic carbocycles. The topological polar surface area (TPSA) is 79.6 Å². The lowest BCUT2D eigenvalue weighted by Crippen LogP contribution is -2.42. The average molecular weight is 300 g/mol. The van der Waals surface area contributed by atoms with Gasteiger partial charge in [-0.05, 0) is 32.4 Å². The van der Waals surface area contributed by atoms with Crippen molar-refractivity contribution in [3.05, 3.63) is 23.5 Å². The van der Waals surface area contributed by atoms with Crippen LogP contribution in [0.15, 0.2) is 12.1 Å². The van der Waals surface area contributed by atoms with Crippen molar-refractivity contribution in [2.24, 2.45) is 0 Å². The molecular weight excluding hydrogens is 280 g/mol. The van der Waals surface area contributed by atoms with E-state index in [-0.39, 0.29) is 24.6 Å². The highest BCUT2D eigenvalue weighted by Crippen LogP contribution is 2.29. The molecule has 6 nitrogen and oxygen atoms in total. The smallest absolute Gasteiger partial charge is 0.303 e. The third kappa shape index (κ3) is 2.88. The number of hydrogen-bond acceptors (Lipinski definition) is 3. The SMILES string of the molecule is Cc1ccc2n1CCN(S(=O)(=O)CCCC(=O)O)C2C. The highest BCUT2D eigenvalue weighted by molar-refractivity contribution is 7.89. The Hall–Kier alpha value is -1.34. The first-order valence-electron chi connectivity index (χ1n) is 6.70. The van der Waals surface area contributed by atoms with E-state index in [4.69, 9.17) is 5.11 Å². The van der Waals surface area contributed by atoms with E-state index in [2.05, 4.69) is 4.57 Å². The fraction of sp³-hybridized carbons (Fsp3) is 0.615. The molecule has 0 bridgehead atoms. The van der Waals surface area contributed by atoms with Crippen molar-refractivity contribution in [2.75, 3.05) is 12.3 Å². The molecule has 0 spiro atoms. The van der Waals surface area contributed by atoms with Crippen molar-refractivity contribution in [3.8, 4) is 0 Å². The number of nitrogens with zero attached hydrogens (tertiary/aromatic N) is 2. The number of aromatic nitrogens is 1. The highest BCUT2D eigenvalue weighted by atomic mass is 32.2.